The maximum atomic E-state index is 12.0. The number of methoxy groups -OCH3 is 1. The van der Waals surface area contributed by atoms with Gasteiger partial charge in [0.2, 0.25) is 5.91 Å². The lowest BCUT2D eigenvalue weighted by atomic mass is 10.0. The number of aryl methyl sites for hydroxylation is 2. The third-order valence-electron chi connectivity index (χ3n) is 3.61. The van der Waals surface area contributed by atoms with Crippen molar-refractivity contribution in [2.45, 2.75) is 39.3 Å². The maximum absolute atomic E-state index is 12.0. The van der Waals surface area contributed by atoms with Gasteiger partial charge in [0, 0.05) is 12.1 Å². The first-order valence-corrected chi connectivity index (χ1v) is 6.77. The van der Waals surface area contributed by atoms with Gasteiger partial charge in [-0.1, -0.05) is 6.07 Å². The minimum absolute atomic E-state index is 0.0308. The fraction of sp³-hybridized carbons (Fsp3) is 0.533. The van der Waals surface area contributed by atoms with Crippen molar-refractivity contribution in [3.05, 3.63) is 28.8 Å². The molecule has 2 rings (SSSR count). The van der Waals surface area contributed by atoms with E-state index in [9.17, 15) is 4.79 Å². The van der Waals surface area contributed by atoms with E-state index in [0.29, 0.717) is 6.54 Å². The number of rotatable bonds is 4. The lowest BCUT2D eigenvalue weighted by Crippen LogP contribution is -2.40. The molecule has 1 heterocycles. The zero-order valence-electron chi connectivity index (χ0n) is 11.9. The van der Waals surface area contributed by atoms with Gasteiger partial charge in [0.05, 0.1) is 13.2 Å². The Labute approximate surface area is 114 Å². The van der Waals surface area contributed by atoms with E-state index in [1.165, 1.54) is 5.56 Å². The largest absolute Gasteiger partial charge is 0.496 e. The van der Waals surface area contributed by atoms with Crippen LogP contribution >= 0.6 is 0 Å². The van der Waals surface area contributed by atoms with Gasteiger partial charge in [-0.05, 0) is 50.4 Å². The molecule has 19 heavy (non-hydrogen) atoms. The Bertz CT molecular complexity index is 465. The molecule has 1 unspecified atom stereocenters. The number of amides is 1. The van der Waals surface area contributed by atoms with E-state index < -0.39 is 0 Å². The molecule has 4 heteroatoms. The summed E-state index contributed by atoms with van der Waals surface area (Å²) in [6.45, 7) is 5.54. The first kappa shape index (κ1) is 13.9. The number of carbonyl (C=O) groups excluding carboxylic acids is 1. The van der Waals surface area contributed by atoms with E-state index in [1.54, 1.807) is 7.11 Å². The lowest BCUT2D eigenvalue weighted by molar-refractivity contribution is -0.122. The van der Waals surface area contributed by atoms with Gasteiger partial charge in [-0.25, -0.2) is 0 Å². The monoisotopic (exact) mass is 262 g/mol. The van der Waals surface area contributed by atoms with Crippen LogP contribution in [0.4, 0.5) is 0 Å². The van der Waals surface area contributed by atoms with E-state index in [4.69, 9.17) is 4.74 Å². The molecule has 2 N–H and O–H groups in total. The second kappa shape index (κ2) is 6.06. The molecule has 0 aromatic heterocycles. The Kier molecular flexibility index (Phi) is 4.43. The van der Waals surface area contributed by atoms with Crippen LogP contribution < -0.4 is 15.4 Å². The quantitative estimate of drug-likeness (QED) is 0.868. The molecule has 1 fully saturated rings. The van der Waals surface area contributed by atoms with Crippen molar-refractivity contribution in [2.75, 3.05) is 13.7 Å². The molecule has 1 aliphatic heterocycles. The van der Waals surface area contributed by atoms with Gasteiger partial charge >= 0.3 is 0 Å². The average Bonchev–Trinajstić information content (AvgIpc) is 2.90. The van der Waals surface area contributed by atoms with Crippen molar-refractivity contribution in [1.29, 1.82) is 0 Å². The summed E-state index contributed by atoms with van der Waals surface area (Å²) < 4.78 is 5.40. The van der Waals surface area contributed by atoms with Crippen LogP contribution in [-0.2, 0) is 11.3 Å². The fourth-order valence-electron chi connectivity index (χ4n) is 2.57. The van der Waals surface area contributed by atoms with Crippen molar-refractivity contribution in [2.24, 2.45) is 0 Å². The summed E-state index contributed by atoms with van der Waals surface area (Å²) in [6.07, 6.45) is 2.00. The van der Waals surface area contributed by atoms with E-state index in [-0.39, 0.29) is 11.9 Å². The summed E-state index contributed by atoms with van der Waals surface area (Å²) in [5.41, 5.74) is 3.37. The fourth-order valence-corrected chi connectivity index (χ4v) is 2.57. The lowest BCUT2D eigenvalue weighted by Gasteiger charge is -2.15. The van der Waals surface area contributed by atoms with Crippen molar-refractivity contribution in [1.82, 2.24) is 10.6 Å². The highest BCUT2D eigenvalue weighted by Crippen LogP contribution is 2.24. The highest BCUT2D eigenvalue weighted by molar-refractivity contribution is 5.82. The van der Waals surface area contributed by atoms with Crippen molar-refractivity contribution in [3.63, 3.8) is 0 Å². The first-order valence-electron chi connectivity index (χ1n) is 6.77. The molecule has 0 saturated carbocycles. The molecule has 0 radical (unpaired) electrons. The normalized spacial score (nSPS) is 18.4. The van der Waals surface area contributed by atoms with Gasteiger partial charge in [-0.15, -0.1) is 0 Å². The van der Waals surface area contributed by atoms with E-state index in [0.717, 1.165) is 36.3 Å². The Balaban J connectivity index is 2.04. The molecule has 1 atom stereocenters. The van der Waals surface area contributed by atoms with E-state index in [1.807, 2.05) is 19.9 Å². The van der Waals surface area contributed by atoms with Crippen molar-refractivity contribution < 1.29 is 9.53 Å². The number of nitrogens with one attached hydrogen (secondary N) is 2. The predicted molar refractivity (Wildman–Crippen MR) is 75.3 cm³/mol. The van der Waals surface area contributed by atoms with Crippen LogP contribution in [0.2, 0.25) is 0 Å². The zero-order chi connectivity index (χ0) is 13.8. The number of hydrogen-bond donors (Lipinski definition) is 2. The molecule has 1 aromatic carbocycles. The molecule has 104 valence electrons. The third kappa shape index (κ3) is 3.26. The molecule has 0 spiro atoms. The second-order valence-electron chi connectivity index (χ2n) is 5.13. The molecule has 1 aromatic rings. The topological polar surface area (TPSA) is 50.4 Å². The maximum Gasteiger partial charge on any atom is 0.237 e. The standard InChI is InChI=1S/C15H22N2O2/c1-10-7-11(2)12(14(8-10)19-3)9-17-15(18)13-5-4-6-16-13/h7-8,13,16H,4-6,9H2,1-3H3,(H,17,18). The molecular formula is C15H22N2O2. The summed E-state index contributed by atoms with van der Waals surface area (Å²) in [4.78, 5) is 12.0. The summed E-state index contributed by atoms with van der Waals surface area (Å²) in [5.74, 6) is 0.928. The number of ether oxygens (including phenoxy) is 1. The van der Waals surface area contributed by atoms with Gasteiger partial charge in [0.1, 0.15) is 5.75 Å². The van der Waals surface area contributed by atoms with Crippen LogP contribution in [0.25, 0.3) is 0 Å². The molecule has 1 amide bonds. The molecule has 1 aliphatic rings. The van der Waals surface area contributed by atoms with Gasteiger partial charge in [0.25, 0.3) is 0 Å². The highest BCUT2D eigenvalue weighted by atomic mass is 16.5. The summed E-state index contributed by atoms with van der Waals surface area (Å²) in [5, 5.41) is 6.20. The van der Waals surface area contributed by atoms with Crippen LogP contribution in [0.3, 0.4) is 0 Å². The predicted octanol–water partition coefficient (Wildman–Crippen LogP) is 1.68. The Morgan fingerprint density at radius 2 is 2.26 bits per heavy atom. The summed E-state index contributed by atoms with van der Waals surface area (Å²) in [6, 6.07) is 4.08. The molecular weight excluding hydrogens is 240 g/mol. The third-order valence-corrected chi connectivity index (χ3v) is 3.61. The number of benzene rings is 1. The van der Waals surface area contributed by atoms with Crippen LogP contribution in [0.5, 0.6) is 5.75 Å². The molecule has 0 aliphatic carbocycles. The van der Waals surface area contributed by atoms with E-state index in [2.05, 4.69) is 16.7 Å². The van der Waals surface area contributed by atoms with Crippen molar-refractivity contribution >= 4 is 5.91 Å². The smallest absolute Gasteiger partial charge is 0.237 e. The summed E-state index contributed by atoms with van der Waals surface area (Å²) in [7, 11) is 1.66. The van der Waals surface area contributed by atoms with Crippen LogP contribution in [-0.4, -0.2) is 25.6 Å². The minimum Gasteiger partial charge on any atom is -0.496 e. The van der Waals surface area contributed by atoms with Crippen LogP contribution in [0.15, 0.2) is 12.1 Å². The molecule has 4 nitrogen and oxygen atoms in total. The van der Waals surface area contributed by atoms with Crippen molar-refractivity contribution in [3.8, 4) is 5.75 Å². The molecule has 1 saturated heterocycles. The van der Waals surface area contributed by atoms with Gasteiger partial charge in [-0.3, -0.25) is 4.79 Å². The first-order chi connectivity index (χ1) is 9.11. The molecule has 0 bridgehead atoms. The van der Waals surface area contributed by atoms with Gasteiger partial charge in [-0.2, -0.15) is 0 Å². The zero-order valence-corrected chi connectivity index (χ0v) is 11.9. The summed E-state index contributed by atoms with van der Waals surface area (Å²) >= 11 is 0. The van der Waals surface area contributed by atoms with Crippen LogP contribution in [0.1, 0.15) is 29.5 Å². The number of carbonyl (C=O) groups is 1. The van der Waals surface area contributed by atoms with Gasteiger partial charge < -0.3 is 15.4 Å². The average molecular weight is 262 g/mol. The van der Waals surface area contributed by atoms with E-state index >= 15 is 0 Å². The minimum atomic E-state index is -0.0308. The van der Waals surface area contributed by atoms with Crippen LogP contribution in [0, 0.1) is 13.8 Å². The Morgan fingerprint density at radius 3 is 2.89 bits per heavy atom. The SMILES string of the molecule is COc1cc(C)cc(C)c1CNC(=O)C1CCCN1. The Morgan fingerprint density at radius 1 is 1.47 bits per heavy atom. The highest BCUT2D eigenvalue weighted by Gasteiger charge is 2.22. The Hall–Kier alpha value is -1.55. The number of hydrogen-bond acceptors (Lipinski definition) is 3. The second-order valence-corrected chi connectivity index (χ2v) is 5.13. The van der Waals surface area contributed by atoms with Gasteiger partial charge in [0.15, 0.2) is 0 Å².